The highest BCUT2D eigenvalue weighted by Gasteiger charge is 1.97. The van der Waals surface area contributed by atoms with Gasteiger partial charge in [0.25, 0.3) is 0 Å². The van der Waals surface area contributed by atoms with Gasteiger partial charge in [0.15, 0.2) is 0 Å². The van der Waals surface area contributed by atoms with E-state index in [0.29, 0.717) is 0 Å². The van der Waals surface area contributed by atoms with E-state index in [2.05, 4.69) is 12.6 Å². The average Bonchev–Trinajstić information content (AvgIpc) is 2.98. The minimum atomic E-state index is 0.874. The molecule has 0 radical (unpaired) electrons. The van der Waals surface area contributed by atoms with E-state index in [9.17, 15) is 0 Å². The molecule has 0 saturated heterocycles. The van der Waals surface area contributed by atoms with Gasteiger partial charge in [-0.15, -0.1) is 0 Å². The lowest BCUT2D eigenvalue weighted by atomic mass is 10.0. The summed E-state index contributed by atoms with van der Waals surface area (Å²) < 4.78 is 0. The van der Waals surface area contributed by atoms with Crippen LogP contribution in [0.4, 0.5) is 0 Å². The second-order valence-corrected chi connectivity index (χ2v) is 14.0. The predicted octanol–water partition coefficient (Wildman–Crippen LogP) is 14.3. The van der Waals surface area contributed by atoms with Gasteiger partial charge in [0.2, 0.25) is 0 Å². The summed E-state index contributed by atoms with van der Waals surface area (Å²) in [4.78, 5) is 0. The summed E-state index contributed by atoms with van der Waals surface area (Å²) in [5.74, 6) is 1.07. The van der Waals surface area contributed by atoms with Crippen LogP contribution in [-0.2, 0) is 0 Å². The molecule has 0 heterocycles. The van der Waals surface area contributed by atoms with Crippen LogP contribution < -0.4 is 5.73 Å². The maximum atomic E-state index is 5.55. The van der Waals surface area contributed by atoms with Crippen molar-refractivity contribution in [1.82, 2.24) is 0 Å². The molecule has 0 spiro atoms. The Bertz CT molecular complexity index is 388. The van der Waals surface area contributed by atoms with Gasteiger partial charge in [-0.3, -0.25) is 0 Å². The number of hydrogen-bond acceptors (Lipinski definition) is 2. The van der Waals surface area contributed by atoms with Crippen LogP contribution in [0.5, 0.6) is 0 Å². The molecule has 0 saturated carbocycles. The minimum absolute atomic E-state index is 0.874. The summed E-state index contributed by atoms with van der Waals surface area (Å²) in [6.07, 6.45) is 53.9. The van der Waals surface area contributed by atoms with Gasteiger partial charge < -0.3 is 5.73 Å². The summed E-state index contributed by atoms with van der Waals surface area (Å²) in [6, 6.07) is 0. The number of hydrogen-bond donors (Lipinski definition) is 2. The highest BCUT2D eigenvalue weighted by Crippen LogP contribution is 2.17. The van der Waals surface area contributed by atoms with Crippen LogP contribution in [0.1, 0.15) is 238 Å². The zero-order valence-electron chi connectivity index (χ0n) is 28.6. The molecule has 248 valence electrons. The fraction of sp³-hybridized carbons (Fsp3) is 1.00. The maximum absolute atomic E-state index is 5.55. The molecule has 0 bridgehead atoms. The Morgan fingerprint density at radius 3 is 0.439 bits per heavy atom. The number of thiol groups is 1. The Labute approximate surface area is 267 Å². The second-order valence-electron chi connectivity index (χ2n) is 13.6. The molecule has 0 atom stereocenters. The van der Waals surface area contributed by atoms with E-state index in [1.165, 1.54) is 238 Å². The van der Waals surface area contributed by atoms with Crippen LogP contribution in [-0.4, -0.2) is 12.3 Å². The van der Waals surface area contributed by atoms with E-state index in [1.807, 2.05) is 0 Å². The van der Waals surface area contributed by atoms with Gasteiger partial charge in [-0.25, -0.2) is 0 Å². The van der Waals surface area contributed by atoms with E-state index < -0.39 is 0 Å². The van der Waals surface area contributed by atoms with Crippen LogP contribution in [0.15, 0.2) is 0 Å². The standard InChI is InChI=1S/C39H81NS/c40-38-36-34-32-30-28-26-24-22-20-18-16-14-12-10-8-6-4-2-1-3-5-7-9-11-13-15-17-19-21-23-25-27-29-31-33-35-37-39-41/h41H,1-40H2. The first-order valence-corrected chi connectivity index (χ1v) is 20.4. The fourth-order valence-electron chi connectivity index (χ4n) is 6.44. The van der Waals surface area contributed by atoms with E-state index in [4.69, 9.17) is 5.73 Å². The van der Waals surface area contributed by atoms with E-state index in [-0.39, 0.29) is 0 Å². The van der Waals surface area contributed by atoms with E-state index in [0.717, 1.165) is 12.3 Å². The maximum Gasteiger partial charge on any atom is -0.00773 e. The Balaban J connectivity index is 3.02. The topological polar surface area (TPSA) is 26.0 Å². The van der Waals surface area contributed by atoms with Crippen molar-refractivity contribution in [2.24, 2.45) is 5.73 Å². The molecule has 0 rings (SSSR count). The first-order chi connectivity index (χ1) is 20.4. The average molecular weight is 596 g/mol. The molecule has 0 aromatic heterocycles. The van der Waals surface area contributed by atoms with Crippen LogP contribution in [0.25, 0.3) is 0 Å². The van der Waals surface area contributed by atoms with Crippen molar-refractivity contribution in [3.63, 3.8) is 0 Å². The van der Waals surface area contributed by atoms with Crippen molar-refractivity contribution in [2.75, 3.05) is 12.3 Å². The summed E-state index contributed by atoms with van der Waals surface area (Å²) >= 11 is 4.29. The first-order valence-electron chi connectivity index (χ1n) is 19.7. The molecule has 2 N–H and O–H groups in total. The summed E-state index contributed by atoms with van der Waals surface area (Å²) in [7, 11) is 0. The van der Waals surface area contributed by atoms with Gasteiger partial charge in [-0.1, -0.05) is 225 Å². The Morgan fingerprint density at radius 2 is 0.317 bits per heavy atom. The predicted molar refractivity (Wildman–Crippen MR) is 194 cm³/mol. The molecule has 2 heteroatoms. The van der Waals surface area contributed by atoms with Crippen LogP contribution >= 0.6 is 12.6 Å². The Hall–Kier alpha value is 0.310. The molecular weight excluding hydrogens is 515 g/mol. The van der Waals surface area contributed by atoms with Gasteiger partial charge >= 0.3 is 0 Å². The number of rotatable bonds is 38. The van der Waals surface area contributed by atoms with Crippen molar-refractivity contribution in [3.05, 3.63) is 0 Å². The van der Waals surface area contributed by atoms with Gasteiger partial charge in [-0.2, -0.15) is 12.6 Å². The number of nitrogens with two attached hydrogens (primary N) is 1. The molecule has 0 unspecified atom stereocenters. The first kappa shape index (κ1) is 41.3. The zero-order chi connectivity index (χ0) is 29.6. The van der Waals surface area contributed by atoms with E-state index >= 15 is 0 Å². The minimum Gasteiger partial charge on any atom is -0.330 e. The van der Waals surface area contributed by atoms with Crippen LogP contribution in [0.3, 0.4) is 0 Å². The van der Waals surface area contributed by atoms with Crippen molar-refractivity contribution in [1.29, 1.82) is 0 Å². The van der Waals surface area contributed by atoms with E-state index in [1.54, 1.807) is 0 Å². The van der Waals surface area contributed by atoms with Crippen LogP contribution in [0, 0.1) is 0 Å². The zero-order valence-corrected chi connectivity index (χ0v) is 29.5. The molecule has 0 aromatic rings. The van der Waals surface area contributed by atoms with Crippen molar-refractivity contribution < 1.29 is 0 Å². The lowest BCUT2D eigenvalue weighted by Gasteiger charge is -2.05. The molecular formula is C39H81NS. The third-order valence-corrected chi connectivity index (χ3v) is 9.68. The van der Waals surface area contributed by atoms with Crippen molar-refractivity contribution in [2.45, 2.75) is 238 Å². The number of unbranched alkanes of at least 4 members (excludes halogenated alkanes) is 36. The lowest BCUT2D eigenvalue weighted by molar-refractivity contribution is 0.510. The van der Waals surface area contributed by atoms with Gasteiger partial charge in [0, 0.05) is 0 Å². The van der Waals surface area contributed by atoms with Gasteiger partial charge in [0.1, 0.15) is 0 Å². The quantitative estimate of drug-likeness (QED) is 0.0539. The largest absolute Gasteiger partial charge is 0.330 e. The van der Waals surface area contributed by atoms with Crippen molar-refractivity contribution >= 4 is 12.6 Å². The molecule has 0 aliphatic rings. The molecule has 0 aromatic carbocycles. The van der Waals surface area contributed by atoms with Crippen molar-refractivity contribution in [3.8, 4) is 0 Å². The molecule has 0 amide bonds. The molecule has 0 aliphatic carbocycles. The molecule has 1 nitrogen and oxygen atoms in total. The molecule has 41 heavy (non-hydrogen) atoms. The third-order valence-electron chi connectivity index (χ3n) is 9.36. The third kappa shape index (κ3) is 40.3. The fourth-order valence-corrected chi connectivity index (χ4v) is 6.67. The second kappa shape index (κ2) is 40.3. The summed E-state index contributed by atoms with van der Waals surface area (Å²) in [5.41, 5.74) is 5.55. The highest BCUT2D eigenvalue weighted by atomic mass is 32.1. The lowest BCUT2D eigenvalue weighted by Crippen LogP contribution is -1.97. The summed E-state index contributed by atoms with van der Waals surface area (Å²) in [6.45, 7) is 0.874. The Morgan fingerprint density at radius 1 is 0.195 bits per heavy atom. The normalized spacial score (nSPS) is 11.6. The Kier molecular flexibility index (Phi) is 40.6. The van der Waals surface area contributed by atoms with Crippen LogP contribution in [0.2, 0.25) is 0 Å². The van der Waals surface area contributed by atoms with Gasteiger partial charge in [-0.05, 0) is 25.1 Å². The summed E-state index contributed by atoms with van der Waals surface area (Å²) in [5, 5.41) is 0. The smallest absolute Gasteiger partial charge is 0.00773 e. The van der Waals surface area contributed by atoms with Gasteiger partial charge in [0.05, 0.1) is 0 Å². The monoisotopic (exact) mass is 596 g/mol. The SMILES string of the molecule is NCCCCCCCCCCCCCCCCCCCCCCCCCCCCCCCCCCCCCCCS. The molecule has 0 fully saturated rings. The highest BCUT2D eigenvalue weighted by molar-refractivity contribution is 7.80. The molecule has 0 aliphatic heterocycles.